The van der Waals surface area contributed by atoms with Crippen LogP contribution in [0.4, 0.5) is 0 Å². The van der Waals surface area contributed by atoms with Crippen molar-refractivity contribution in [2.45, 2.75) is 158 Å². The number of aliphatic hydroxyl groups is 6. The number of aliphatic hydroxyl groups excluding tert-OH is 6. The van der Waals surface area contributed by atoms with Gasteiger partial charge in [-0.25, -0.2) is 0 Å². The van der Waals surface area contributed by atoms with Crippen molar-refractivity contribution in [2.75, 3.05) is 36.2 Å². The smallest absolute Gasteiger partial charge is 0.305 e. The van der Waals surface area contributed by atoms with Crippen LogP contribution in [0.1, 0.15) is 48.5 Å². The van der Waals surface area contributed by atoms with Crippen LogP contribution < -0.4 is 0 Å². The first-order chi connectivity index (χ1) is 31.7. The van der Waals surface area contributed by atoms with Gasteiger partial charge < -0.3 is 87.5 Å². The van der Waals surface area contributed by atoms with Gasteiger partial charge in [0, 0.05) is 65.7 Å². The first kappa shape index (κ1) is 59.5. The fourth-order valence-electron chi connectivity index (χ4n) is 7.37. The van der Waals surface area contributed by atoms with Gasteiger partial charge in [-0.3, -0.25) is 38.3 Å². The van der Waals surface area contributed by atoms with E-state index in [1.807, 2.05) is 0 Å². The van der Waals surface area contributed by atoms with Crippen molar-refractivity contribution < 1.29 is 126 Å². The Morgan fingerprint density at radius 2 is 0.971 bits per heavy atom. The van der Waals surface area contributed by atoms with Crippen molar-refractivity contribution >= 4 is 92.3 Å². The van der Waals surface area contributed by atoms with Crippen LogP contribution in [0.5, 0.6) is 0 Å². The van der Waals surface area contributed by atoms with Crippen LogP contribution in [0.15, 0.2) is 0 Å². The van der Waals surface area contributed by atoms with Crippen molar-refractivity contribution in [3.05, 3.63) is 0 Å². The number of thiol groups is 4. The summed E-state index contributed by atoms with van der Waals surface area (Å²) in [5.74, 6) is -13.9. The van der Waals surface area contributed by atoms with E-state index < -0.39 is 170 Å². The van der Waals surface area contributed by atoms with Crippen molar-refractivity contribution in [1.29, 1.82) is 0 Å². The molecule has 0 spiro atoms. The molecule has 0 aliphatic carbocycles. The average Bonchev–Trinajstić information content (AvgIpc) is 3.63. The predicted molar refractivity (Wildman–Crippen MR) is 232 cm³/mol. The van der Waals surface area contributed by atoms with Crippen molar-refractivity contribution in [1.82, 2.24) is 0 Å². The van der Waals surface area contributed by atoms with Crippen molar-refractivity contribution in [3.8, 4) is 0 Å². The zero-order valence-electron chi connectivity index (χ0n) is 37.5. The highest BCUT2D eigenvalue weighted by atomic mass is 32.1. The second-order valence-corrected chi connectivity index (χ2v) is 16.9. The van der Waals surface area contributed by atoms with Gasteiger partial charge in [0.2, 0.25) is 24.3 Å². The molecule has 68 heavy (non-hydrogen) atoms. The molecule has 0 saturated carbocycles. The third kappa shape index (κ3) is 14.2. The van der Waals surface area contributed by atoms with Crippen LogP contribution in [0, 0.1) is 0 Å². The zero-order chi connectivity index (χ0) is 51.6. The molecule has 0 aromatic heterocycles. The molecule has 390 valence electrons. The lowest BCUT2D eigenvalue weighted by molar-refractivity contribution is -0.397. The number of carbonyl (C=O) groups excluding carboxylic acids is 7. The summed E-state index contributed by atoms with van der Waals surface area (Å²) in [5.41, 5.74) is 0. The number of rotatable bonds is 17. The topological polar surface area (TPSA) is 361 Å². The molecule has 0 bridgehead atoms. The maximum atomic E-state index is 12.4. The Bertz CT molecular complexity index is 1780. The van der Waals surface area contributed by atoms with E-state index in [2.05, 4.69) is 50.5 Å². The minimum Gasteiger partial charge on any atom is -0.460 e. The molecule has 4 heterocycles. The maximum Gasteiger partial charge on any atom is 0.305 e. The summed E-state index contributed by atoms with van der Waals surface area (Å²) < 4.78 is 71.9. The molecule has 4 fully saturated rings. The molecule has 4 aliphatic heterocycles. The minimum absolute atomic E-state index is 0.0300. The number of carbonyl (C=O) groups is 7. The minimum atomic E-state index is -2.56. The van der Waals surface area contributed by atoms with Gasteiger partial charge in [-0.2, -0.15) is 50.5 Å². The van der Waals surface area contributed by atoms with Gasteiger partial charge >= 0.3 is 41.8 Å². The lowest BCUT2D eigenvalue weighted by atomic mass is 9.98. The summed E-state index contributed by atoms with van der Waals surface area (Å²) in [6, 6.07) is 0. The summed E-state index contributed by atoms with van der Waals surface area (Å²) >= 11 is 16.4. The normalized spacial score (nSPS) is 38.8. The molecule has 30 heteroatoms. The molecule has 4 saturated heterocycles. The molecule has 0 aromatic rings. The number of hydrogen-bond acceptors (Lipinski definition) is 30. The van der Waals surface area contributed by atoms with Crippen molar-refractivity contribution in [3.63, 3.8) is 0 Å². The van der Waals surface area contributed by atoms with Gasteiger partial charge in [-0.05, 0) is 0 Å². The summed E-state index contributed by atoms with van der Waals surface area (Å²) in [5, 5.41) is 59.2. The van der Waals surface area contributed by atoms with Gasteiger partial charge in [0.05, 0.1) is 18.0 Å². The highest BCUT2D eigenvalue weighted by Crippen LogP contribution is 2.47. The Morgan fingerprint density at radius 3 is 1.41 bits per heavy atom. The Labute approximate surface area is 410 Å². The molecular weight excluding hydrogens is 1000 g/mol. The third-order valence-corrected chi connectivity index (χ3v) is 11.7. The highest BCUT2D eigenvalue weighted by Gasteiger charge is 2.72. The first-order valence-corrected chi connectivity index (χ1v) is 22.9. The maximum absolute atomic E-state index is 12.4. The summed E-state index contributed by atoms with van der Waals surface area (Å²) in [6.45, 7) is 5.39. The third-order valence-electron chi connectivity index (χ3n) is 10.2. The molecule has 18 atom stereocenters. The number of ether oxygens (including phenoxy) is 13. The quantitative estimate of drug-likeness (QED) is 0.0380. The van der Waals surface area contributed by atoms with Gasteiger partial charge in [-0.15, -0.1) is 0 Å². The molecule has 4 aliphatic rings. The molecule has 0 amide bonds. The summed E-state index contributed by atoms with van der Waals surface area (Å²) in [6.07, 6.45) is -22.4. The largest absolute Gasteiger partial charge is 0.460 e. The monoisotopic (exact) mass is 1060 g/mol. The van der Waals surface area contributed by atoms with E-state index in [0.717, 1.165) is 48.5 Å². The Kier molecular flexibility index (Phi) is 22.4. The molecule has 26 nitrogen and oxygen atoms in total. The van der Waals surface area contributed by atoms with Crippen LogP contribution in [0.25, 0.3) is 0 Å². The Morgan fingerprint density at radius 1 is 0.500 bits per heavy atom. The number of hydrogen-bond donors (Lipinski definition) is 10. The Hall–Kier alpha value is -2.79. The van der Waals surface area contributed by atoms with E-state index in [9.17, 15) is 64.2 Å². The molecule has 0 radical (unpaired) electrons. The lowest BCUT2D eigenvalue weighted by Crippen LogP contribution is -2.65. The van der Waals surface area contributed by atoms with Gasteiger partial charge in [0.25, 0.3) is 11.6 Å². The van der Waals surface area contributed by atoms with Crippen LogP contribution >= 0.6 is 50.5 Å². The average molecular weight is 1060 g/mol. The molecular formula is C38H58O26S4. The van der Waals surface area contributed by atoms with Crippen molar-refractivity contribution in [2.24, 2.45) is 0 Å². The van der Waals surface area contributed by atoms with Gasteiger partial charge in [0.15, 0.2) is 24.6 Å². The molecule has 18 unspecified atom stereocenters. The second kappa shape index (κ2) is 25.5. The summed E-state index contributed by atoms with van der Waals surface area (Å²) in [4.78, 5) is 85.2. The molecule has 4 rings (SSSR count). The fraction of sp³-hybridized carbons (Fsp3) is 0.816. The molecule has 6 N–H and O–H groups in total. The first-order valence-electron chi connectivity index (χ1n) is 20.4. The van der Waals surface area contributed by atoms with Crippen LogP contribution in [-0.4, -0.2) is 218 Å². The number of esters is 7. The summed E-state index contributed by atoms with van der Waals surface area (Å²) in [7, 11) is 0. The highest BCUT2D eigenvalue weighted by molar-refractivity contribution is 7.80. The molecule has 0 aromatic carbocycles. The lowest BCUT2D eigenvalue weighted by Gasteiger charge is -2.46. The van der Waals surface area contributed by atoms with Crippen LogP contribution in [0.2, 0.25) is 0 Å². The van der Waals surface area contributed by atoms with E-state index in [-0.39, 0.29) is 17.3 Å². The fourth-order valence-corrected chi connectivity index (χ4v) is 8.57. The van der Waals surface area contributed by atoms with Crippen LogP contribution in [-0.2, 0) is 95.1 Å². The van der Waals surface area contributed by atoms with Gasteiger partial charge in [0.1, 0.15) is 49.8 Å². The SMILES string of the molecule is CC(=O)OCC1(OC2OC(CS)C(OC(C)=O)C(OC(C)=O)C2OC(C)=O)OC(CS)(OC(C)=O)C(OC(C)=O)C1OC(C)=O.OCC1(OC2OC(CS)C(O)C(O)C2O)OC(CS)C(O)C1O. The van der Waals surface area contributed by atoms with Crippen LogP contribution in [0.3, 0.4) is 0 Å². The standard InChI is InChI=1S/C26H36O17S2.C12H22O9S2/c1-11(27)34-9-25(22(38-15(5)31)23(39-16(6)32)26(10-45,43-25)41-17(7)33)42-24-21(37-14(4)30)20(36-13(3)29)19(35-12(2)28)18(8-44)40-24;13-3-12(10(18)7(15)5(2-23)20-12)21-11-9(17)8(16)6(14)4(1-22)19-11/h18-24,44-45H,8-10H2,1-7H3;4-11,13-18,22-23H,1-3H2. The predicted octanol–water partition coefficient (Wildman–Crippen LogP) is -3.73. The van der Waals surface area contributed by atoms with Gasteiger partial charge in [-0.1, -0.05) is 0 Å². The van der Waals surface area contributed by atoms with E-state index in [1.165, 1.54) is 0 Å². The zero-order valence-corrected chi connectivity index (χ0v) is 41.1. The van der Waals surface area contributed by atoms with E-state index in [1.54, 1.807) is 0 Å². The van der Waals surface area contributed by atoms with E-state index >= 15 is 0 Å². The second-order valence-electron chi connectivity index (χ2n) is 15.4. The van der Waals surface area contributed by atoms with E-state index in [0.29, 0.717) is 0 Å². The van der Waals surface area contributed by atoms with E-state index in [4.69, 9.17) is 61.6 Å². The Balaban J connectivity index is 0.000000443.